The van der Waals surface area contributed by atoms with Crippen molar-refractivity contribution in [1.29, 1.82) is 0 Å². The van der Waals surface area contributed by atoms with E-state index < -0.39 is 4.92 Å². The molecule has 1 amide bonds. The maximum absolute atomic E-state index is 12.2. The molecule has 29 heavy (non-hydrogen) atoms. The lowest BCUT2D eigenvalue weighted by molar-refractivity contribution is -0.384. The Bertz CT molecular complexity index is 1050. The summed E-state index contributed by atoms with van der Waals surface area (Å²) in [7, 11) is 0. The first kappa shape index (κ1) is 20.4. The maximum Gasteiger partial charge on any atom is 0.269 e. The molecule has 0 fully saturated rings. The Balaban J connectivity index is 1.62. The summed E-state index contributed by atoms with van der Waals surface area (Å²) < 4.78 is 0. The predicted molar refractivity (Wildman–Crippen MR) is 117 cm³/mol. The number of carbonyl (C=O) groups excluding carboxylic acids is 1. The smallest absolute Gasteiger partial charge is 0.269 e. The van der Waals surface area contributed by atoms with Crippen molar-refractivity contribution in [1.82, 2.24) is 4.98 Å². The summed E-state index contributed by atoms with van der Waals surface area (Å²) in [5.41, 5.74) is 3.70. The van der Waals surface area contributed by atoms with Gasteiger partial charge in [-0.15, -0.1) is 11.3 Å². The molecule has 3 rings (SSSR count). The van der Waals surface area contributed by atoms with E-state index in [1.54, 1.807) is 23.6 Å². The Morgan fingerprint density at radius 3 is 2.34 bits per heavy atom. The quantitative estimate of drug-likeness (QED) is 0.335. The molecule has 148 valence electrons. The van der Waals surface area contributed by atoms with Gasteiger partial charge in [0, 0.05) is 29.2 Å². The third-order valence-corrected chi connectivity index (χ3v) is 5.07. The van der Waals surface area contributed by atoms with Gasteiger partial charge >= 0.3 is 0 Å². The molecule has 0 bridgehead atoms. The Morgan fingerprint density at radius 1 is 1.10 bits per heavy atom. The Morgan fingerprint density at radius 2 is 1.76 bits per heavy atom. The summed E-state index contributed by atoms with van der Waals surface area (Å²) in [6.07, 6.45) is 3.23. The average Bonchev–Trinajstić information content (AvgIpc) is 3.14. The van der Waals surface area contributed by atoms with Crippen molar-refractivity contribution in [2.24, 2.45) is 0 Å². The van der Waals surface area contributed by atoms with Gasteiger partial charge in [0.2, 0.25) is 5.91 Å². The topological polar surface area (TPSA) is 85.1 Å². The number of nitro benzene ring substituents is 1. The van der Waals surface area contributed by atoms with Gasteiger partial charge in [-0.25, -0.2) is 4.98 Å². The summed E-state index contributed by atoms with van der Waals surface area (Å²) in [6, 6.07) is 14.2. The molecule has 0 radical (unpaired) electrons. The molecule has 0 unspecified atom stereocenters. The van der Waals surface area contributed by atoms with E-state index in [1.807, 2.05) is 12.1 Å². The zero-order chi connectivity index (χ0) is 21.0. The van der Waals surface area contributed by atoms with E-state index in [-0.39, 0.29) is 17.0 Å². The lowest BCUT2D eigenvalue weighted by Crippen LogP contribution is -2.10. The molecule has 7 heteroatoms. The summed E-state index contributed by atoms with van der Waals surface area (Å²) in [6.45, 7) is 6.47. The molecule has 3 aromatic rings. The number of nitrogens with zero attached hydrogens (tertiary/aromatic N) is 2. The average molecular weight is 407 g/mol. The fourth-order valence-corrected chi connectivity index (χ4v) is 3.35. The zero-order valence-electron chi connectivity index (χ0n) is 16.4. The van der Waals surface area contributed by atoms with Crippen LogP contribution in [0.3, 0.4) is 0 Å². The van der Waals surface area contributed by atoms with Crippen LogP contribution >= 0.6 is 11.3 Å². The molecular weight excluding hydrogens is 386 g/mol. The third-order valence-electron chi connectivity index (χ3n) is 4.31. The fourth-order valence-electron chi connectivity index (χ4n) is 2.63. The number of nitro groups is 1. The van der Waals surface area contributed by atoms with Gasteiger partial charge in [0.1, 0.15) is 0 Å². The van der Waals surface area contributed by atoms with Crippen molar-refractivity contribution in [3.05, 3.63) is 81.2 Å². The molecule has 0 aliphatic rings. The van der Waals surface area contributed by atoms with Crippen LogP contribution in [-0.2, 0) is 10.2 Å². The lowest BCUT2D eigenvalue weighted by atomic mass is 9.87. The van der Waals surface area contributed by atoms with E-state index in [1.165, 1.54) is 35.1 Å². The van der Waals surface area contributed by atoms with E-state index in [9.17, 15) is 14.9 Å². The van der Waals surface area contributed by atoms with E-state index in [4.69, 9.17) is 0 Å². The molecule has 1 N–H and O–H groups in total. The van der Waals surface area contributed by atoms with Gasteiger partial charge in [-0.1, -0.05) is 45.0 Å². The number of amides is 1. The molecule has 0 aliphatic carbocycles. The first-order chi connectivity index (χ1) is 13.7. The normalized spacial score (nSPS) is 11.6. The van der Waals surface area contributed by atoms with E-state index in [0.29, 0.717) is 10.8 Å². The first-order valence-electron chi connectivity index (χ1n) is 9.02. The van der Waals surface area contributed by atoms with Crippen molar-refractivity contribution in [3.63, 3.8) is 0 Å². The van der Waals surface area contributed by atoms with Crippen molar-refractivity contribution < 1.29 is 9.72 Å². The summed E-state index contributed by atoms with van der Waals surface area (Å²) in [4.78, 5) is 26.8. The zero-order valence-corrected chi connectivity index (χ0v) is 17.2. The predicted octanol–water partition coefficient (Wildman–Crippen LogP) is 5.67. The van der Waals surface area contributed by atoms with Crippen LogP contribution in [0, 0.1) is 10.1 Å². The maximum atomic E-state index is 12.2. The highest BCUT2D eigenvalue weighted by Crippen LogP contribution is 2.26. The van der Waals surface area contributed by atoms with Gasteiger partial charge in [-0.2, -0.15) is 0 Å². The number of non-ortho nitro benzene ring substituents is 1. The highest BCUT2D eigenvalue weighted by atomic mass is 32.1. The number of aromatic nitrogens is 1. The molecule has 0 spiro atoms. The standard InChI is InChI=1S/C22H21N3O3S/c1-22(2,3)17-9-4-15(5-10-17)6-13-20(26)24-21-23-19(14-29-21)16-7-11-18(12-8-16)25(27)28/h4-14H,1-3H3,(H,23,24,26)/b13-6+. The summed E-state index contributed by atoms with van der Waals surface area (Å²) >= 11 is 1.30. The molecule has 6 nitrogen and oxygen atoms in total. The van der Waals surface area contributed by atoms with Crippen LogP contribution in [0.2, 0.25) is 0 Å². The molecule has 1 aromatic heterocycles. The minimum absolute atomic E-state index is 0.0261. The molecular formula is C22H21N3O3S. The number of anilines is 1. The second-order valence-electron chi connectivity index (χ2n) is 7.54. The second kappa shape index (κ2) is 8.36. The number of hydrogen-bond donors (Lipinski definition) is 1. The van der Waals surface area contributed by atoms with Crippen molar-refractivity contribution in [2.45, 2.75) is 26.2 Å². The van der Waals surface area contributed by atoms with Crippen molar-refractivity contribution in [3.8, 4) is 11.3 Å². The number of carbonyl (C=O) groups is 1. The number of nitrogens with one attached hydrogen (secondary N) is 1. The van der Waals surface area contributed by atoms with Gasteiger partial charge in [-0.05, 0) is 34.8 Å². The highest BCUT2D eigenvalue weighted by Gasteiger charge is 2.12. The molecule has 0 aliphatic heterocycles. The van der Waals surface area contributed by atoms with Crippen LogP contribution in [0.15, 0.2) is 60.0 Å². The minimum atomic E-state index is -0.445. The number of rotatable bonds is 5. The van der Waals surface area contributed by atoms with Crippen LogP contribution < -0.4 is 5.32 Å². The molecule has 1 heterocycles. The highest BCUT2D eigenvalue weighted by molar-refractivity contribution is 7.14. The lowest BCUT2D eigenvalue weighted by Gasteiger charge is -2.18. The van der Waals surface area contributed by atoms with Gasteiger partial charge < -0.3 is 0 Å². The van der Waals surface area contributed by atoms with E-state index in [2.05, 4.69) is 43.2 Å². The largest absolute Gasteiger partial charge is 0.298 e. The Labute approximate surface area is 173 Å². The molecule has 2 aromatic carbocycles. The fraction of sp³-hybridized carbons (Fsp3) is 0.182. The Kier molecular flexibility index (Phi) is 5.89. The van der Waals surface area contributed by atoms with Crippen LogP contribution in [-0.4, -0.2) is 15.8 Å². The SMILES string of the molecule is CC(C)(C)c1ccc(/C=C/C(=O)Nc2nc(-c3ccc([N+](=O)[O-])cc3)cs2)cc1. The molecule has 0 saturated carbocycles. The van der Waals surface area contributed by atoms with Crippen LogP contribution in [0.4, 0.5) is 10.8 Å². The van der Waals surface area contributed by atoms with Gasteiger partial charge in [0.05, 0.1) is 10.6 Å². The van der Waals surface area contributed by atoms with Crippen LogP contribution in [0.5, 0.6) is 0 Å². The number of hydrogen-bond acceptors (Lipinski definition) is 5. The van der Waals surface area contributed by atoms with Crippen molar-refractivity contribution in [2.75, 3.05) is 5.32 Å². The first-order valence-corrected chi connectivity index (χ1v) is 9.90. The number of benzene rings is 2. The van der Waals surface area contributed by atoms with Gasteiger partial charge in [-0.3, -0.25) is 20.2 Å². The second-order valence-corrected chi connectivity index (χ2v) is 8.39. The third kappa shape index (κ3) is 5.36. The Hall–Kier alpha value is -3.32. The van der Waals surface area contributed by atoms with Crippen LogP contribution in [0.25, 0.3) is 17.3 Å². The van der Waals surface area contributed by atoms with E-state index in [0.717, 1.165) is 11.1 Å². The molecule has 0 saturated heterocycles. The van der Waals surface area contributed by atoms with Crippen molar-refractivity contribution >= 4 is 34.1 Å². The monoisotopic (exact) mass is 407 g/mol. The van der Waals surface area contributed by atoms with Crippen LogP contribution in [0.1, 0.15) is 31.9 Å². The minimum Gasteiger partial charge on any atom is -0.298 e. The van der Waals surface area contributed by atoms with Gasteiger partial charge in [0.25, 0.3) is 5.69 Å². The van der Waals surface area contributed by atoms with Gasteiger partial charge in [0.15, 0.2) is 5.13 Å². The number of thiazole rings is 1. The molecule has 0 atom stereocenters. The van der Waals surface area contributed by atoms with E-state index >= 15 is 0 Å². The summed E-state index contributed by atoms with van der Waals surface area (Å²) in [5, 5.41) is 15.7. The summed E-state index contributed by atoms with van der Waals surface area (Å²) in [5.74, 6) is -0.269.